The van der Waals surface area contributed by atoms with E-state index >= 15 is 0 Å². The zero-order chi connectivity index (χ0) is 21.8. The van der Waals surface area contributed by atoms with Crippen molar-refractivity contribution >= 4 is 23.5 Å². The average molecular weight is 424 g/mol. The van der Waals surface area contributed by atoms with E-state index in [1.807, 2.05) is 17.0 Å². The van der Waals surface area contributed by atoms with Gasteiger partial charge in [0.1, 0.15) is 5.54 Å². The van der Waals surface area contributed by atoms with Gasteiger partial charge in [0.05, 0.1) is 11.6 Å². The summed E-state index contributed by atoms with van der Waals surface area (Å²) in [6.07, 6.45) is 5.38. The van der Waals surface area contributed by atoms with E-state index in [4.69, 9.17) is 5.26 Å². The van der Waals surface area contributed by atoms with E-state index in [0.29, 0.717) is 38.0 Å². The molecule has 8 nitrogen and oxygen atoms in total. The maximum atomic E-state index is 12.9. The third kappa shape index (κ3) is 4.36. The Balaban J connectivity index is 1.30. The van der Waals surface area contributed by atoms with Gasteiger partial charge >= 0.3 is 6.03 Å². The minimum absolute atomic E-state index is 0.0214. The largest absolute Gasteiger partial charge is 0.370 e. The maximum absolute atomic E-state index is 12.9. The summed E-state index contributed by atoms with van der Waals surface area (Å²) >= 11 is 0. The lowest BCUT2D eigenvalue weighted by Gasteiger charge is -2.30. The third-order valence-corrected chi connectivity index (χ3v) is 6.71. The number of hydrogen-bond donors (Lipinski definition) is 1. The standard InChI is InChI=1S/C23H29N5O3/c24-17-18-5-7-19(8-6-18)26-12-4-13-27(16-15-26)20(29)9-14-28-21(30)23(25-22(28)31)10-2-1-3-11-23/h5-8H,1-4,9-16H2,(H,25,31). The molecule has 1 aliphatic carbocycles. The molecular weight excluding hydrogens is 394 g/mol. The fourth-order valence-electron chi connectivity index (χ4n) is 4.91. The minimum atomic E-state index is -0.734. The van der Waals surface area contributed by atoms with Gasteiger partial charge in [0.15, 0.2) is 0 Å². The molecule has 4 rings (SSSR count). The molecule has 0 unspecified atom stereocenters. The number of carbonyl (C=O) groups is 3. The molecular formula is C23H29N5O3. The van der Waals surface area contributed by atoms with Gasteiger partial charge in [-0.25, -0.2) is 4.79 Å². The Labute approximate surface area is 182 Å². The van der Waals surface area contributed by atoms with Gasteiger partial charge < -0.3 is 15.1 Å². The van der Waals surface area contributed by atoms with E-state index in [9.17, 15) is 14.4 Å². The first-order valence-corrected chi connectivity index (χ1v) is 11.2. The highest BCUT2D eigenvalue weighted by Gasteiger charge is 2.51. The minimum Gasteiger partial charge on any atom is -0.370 e. The Hall–Kier alpha value is -3.08. The van der Waals surface area contributed by atoms with Crippen LogP contribution in [0.2, 0.25) is 0 Å². The number of benzene rings is 1. The molecule has 1 N–H and O–H groups in total. The number of amides is 4. The van der Waals surface area contributed by atoms with Crippen LogP contribution in [0, 0.1) is 11.3 Å². The van der Waals surface area contributed by atoms with E-state index in [1.54, 1.807) is 12.1 Å². The number of hydrogen-bond acceptors (Lipinski definition) is 5. The summed E-state index contributed by atoms with van der Waals surface area (Å²) in [6, 6.07) is 9.26. The molecule has 164 valence electrons. The van der Waals surface area contributed by atoms with Crippen LogP contribution in [-0.2, 0) is 9.59 Å². The van der Waals surface area contributed by atoms with Crippen molar-refractivity contribution in [1.29, 1.82) is 5.26 Å². The smallest absolute Gasteiger partial charge is 0.325 e. The van der Waals surface area contributed by atoms with Crippen molar-refractivity contribution in [2.24, 2.45) is 0 Å². The molecule has 1 aromatic carbocycles. The van der Waals surface area contributed by atoms with E-state index < -0.39 is 5.54 Å². The fourth-order valence-corrected chi connectivity index (χ4v) is 4.91. The number of nitriles is 1. The lowest BCUT2D eigenvalue weighted by Crippen LogP contribution is -2.48. The number of carbonyl (C=O) groups excluding carboxylic acids is 3. The quantitative estimate of drug-likeness (QED) is 0.749. The Bertz CT molecular complexity index is 885. The van der Waals surface area contributed by atoms with Gasteiger partial charge in [-0.1, -0.05) is 19.3 Å². The van der Waals surface area contributed by atoms with Crippen LogP contribution in [0.15, 0.2) is 24.3 Å². The zero-order valence-electron chi connectivity index (χ0n) is 17.8. The van der Waals surface area contributed by atoms with Crippen molar-refractivity contribution in [2.75, 3.05) is 37.6 Å². The number of rotatable bonds is 4. The molecule has 3 aliphatic rings. The van der Waals surface area contributed by atoms with Crippen LogP contribution in [0.5, 0.6) is 0 Å². The molecule has 1 saturated carbocycles. The Morgan fingerprint density at radius 3 is 2.45 bits per heavy atom. The summed E-state index contributed by atoms with van der Waals surface area (Å²) in [5.74, 6) is -0.181. The van der Waals surface area contributed by atoms with Crippen LogP contribution in [-0.4, -0.2) is 65.9 Å². The van der Waals surface area contributed by atoms with E-state index in [2.05, 4.69) is 16.3 Å². The first kappa shape index (κ1) is 21.2. The van der Waals surface area contributed by atoms with Crippen LogP contribution in [0.4, 0.5) is 10.5 Å². The summed E-state index contributed by atoms with van der Waals surface area (Å²) in [6.45, 7) is 2.95. The molecule has 4 amide bonds. The summed E-state index contributed by atoms with van der Waals surface area (Å²) in [5, 5.41) is 11.9. The Morgan fingerprint density at radius 1 is 1.00 bits per heavy atom. The van der Waals surface area contributed by atoms with Crippen LogP contribution in [0.25, 0.3) is 0 Å². The lowest BCUT2D eigenvalue weighted by atomic mass is 9.82. The van der Waals surface area contributed by atoms with Crippen molar-refractivity contribution in [3.8, 4) is 6.07 Å². The summed E-state index contributed by atoms with van der Waals surface area (Å²) in [5.41, 5.74) is 0.944. The lowest BCUT2D eigenvalue weighted by molar-refractivity contribution is -0.134. The van der Waals surface area contributed by atoms with Gasteiger partial charge in [0.25, 0.3) is 5.91 Å². The van der Waals surface area contributed by atoms with Crippen molar-refractivity contribution in [2.45, 2.75) is 50.5 Å². The molecule has 8 heteroatoms. The van der Waals surface area contributed by atoms with E-state index in [0.717, 1.165) is 37.9 Å². The molecule has 2 heterocycles. The molecule has 2 aliphatic heterocycles. The van der Waals surface area contributed by atoms with Gasteiger partial charge in [-0.2, -0.15) is 5.26 Å². The Kier molecular flexibility index (Phi) is 6.12. The van der Waals surface area contributed by atoms with E-state index in [1.165, 1.54) is 4.90 Å². The van der Waals surface area contributed by atoms with Crippen LogP contribution < -0.4 is 10.2 Å². The second-order valence-corrected chi connectivity index (χ2v) is 8.66. The molecule has 2 saturated heterocycles. The summed E-state index contributed by atoms with van der Waals surface area (Å²) in [7, 11) is 0. The highest BCUT2D eigenvalue weighted by Crippen LogP contribution is 2.33. The number of nitrogens with zero attached hydrogens (tertiary/aromatic N) is 4. The van der Waals surface area contributed by atoms with Crippen molar-refractivity contribution < 1.29 is 14.4 Å². The Morgan fingerprint density at radius 2 is 1.74 bits per heavy atom. The topological polar surface area (TPSA) is 96.8 Å². The van der Waals surface area contributed by atoms with Gasteiger partial charge in [0.2, 0.25) is 5.91 Å². The average Bonchev–Trinajstić information content (AvgIpc) is 2.96. The number of urea groups is 1. The van der Waals surface area contributed by atoms with Crippen molar-refractivity contribution in [1.82, 2.24) is 15.1 Å². The fraction of sp³-hybridized carbons (Fsp3) is 0.565. The van der Waals surface area contributed by atoms with E-state index in [-0.39, 0.29) is 30.8 Å². The number of imide groups is 1. The van der Waals surface area contributed by atoms with Crippen LogP contribution >= 0.6 is 0 Å². The van der Waals surface area contributed by atoms with Gasteiger partial charge in [0, 0.05) is 44.8 Å². The molecule has 1 aromatic rings. The molecule has 3 fully saturated rings. The predicted octanol–water partition coefficient (Wildman–Crippen LogP) is 2.24. The highest BCUT2D eigenvalue weighted by atomic mass is 16.2. The van der Waals surface area contributed by atoms with Crippen molar-refractivity contribution in [3.05, 3.63) is 29.8 Å². The highest BCUT2D eigenvalue weighted by molar-refractivity contribution is 6.07. The molecule has 0 atom stereocenters. The SMILES string of the molecule is N#Cc1ccc(N2CCCN(C(=O)CCN3C(=O)NC4(CCCCC4)C3=O)CC2)cc1. The molecule has 31 heavy (non-hydrogen) atoms. The molecule has 1 spiro atoms. The van der Waals surface area contributed by atoms with Crippen molar-refractivity contribution in [3.63, 3.8) is 0 Å². The molecule has 0 bridgehead atoms. The molecule has 0 radical (unpaired) electrons. The van der Waals surface area contributed by atoms with Gasteiger partial charge in [-0.15, -0.1) is 0 Å². The second-order valence-electron chi connectivity index (χ2n) is 8.66. The predicted molar refractivity (Wildman–Crippen MR) is 115 cm³/mol. The van der Waals surface area contributed by atoms with Crippen LogP contribution in [0.1, 0.15) is 50.5 Å². The maximum Gasteiger partial charge on any atom is 0.325 e. The monoisotopic (exact) mass is 423 g/mol. The van der Waals surface area contributed by atoms with Crippen LogP contribution in [0.3, 0.4) is 0 Å². The summed E-state index contributed by atoms with van der Waals surface area (Å²) < 4.78 is 0. The summed E-state index contributed by atoms with van der Waals surface area (Å²) in [4.78, 5) is 43.4. The first-order valence-electron chi connectivity index (χ1n) is 11.2. The third-order valence-electron chi connectivity index (χ3n) is 6.71. The second kappa shape index (κ2) is 8.96. The normalized spacial score (nSPS) is 21.1. The van der Waals surface area contributed by atoms with Gasteiger partial charge in [-0.05, 0) is 43.5 Å². The number of anilines is 1. The van der Waals surface area contributed by atoms with Gasteiger partial charge in [-0.3, -0.25) is 14.5 Å². The molecule has 0 aromatic heterocycles. The first-order chi connectivity index (χ1) is 15.0. The number of nitrogens with one attached hydrogen (secondary N) is 1. The zero-order valence-corrected chi connectivity index (χ0v) is 17.8.